The van der Waals surface area contributed by atoms with Crippen molar-refractivity contribution in [2.75, 3.05) is 14.2 Å². The van der Waals surface area contributed by atoms with Crippen molar-refractivity contribution in [1.82, 2.24) is 0 Å². The smallest absolute Gasteiger partial charge is 0.321 e. The molecule has 6 nitrogen and oxygen atoms in total. The molecule has 0 radical (unpaired) electrons. The zero-order valence-electron chi connectivity index (χ0n) is 16.5. The first-order chi connectivity index (χ1) is 13.5. The van der Waals surface area contributed by atoms with Crippen LogP contribution in [0.1, 0.15) is 42.1 Å². The third-order valence-electron chi connectivity index (χ3n) is 4.20. The molecule has 2 aromatic carbocycles. The Morgan fingerprint density at radius 3 is 1.93 bits per heavy atom. The number of methoxy groups -OCH3 is 2. The summed E-state index contributed by atoms with van der Waals surface area (Å²) < 4.78 is 24.3. The van der Waals surface area contributed by atoms with Crippen LogP contribution in [-0.4, -0.2) is 32.1 Å². The summed E-state index contributed by atoms with van der Waals surface area (Å²) in [6.07, 6.45) is 0.389. The molecule has 28 heavy (non-hydrogen) atoms. The minimum Gasteiger partial charge on any atom is -0.496 e. The number of hydrogen-bond donors (Lipinski definition) is 0. The molecule has 3 atom stereocenters. The van der Waals surface area contributed by atoms with Crippen LogP contribution in [0.15, 0.2) is 48.5 Å². The molecule has 0 aliphatic rings. The normalized spacial score (nSPS) is 12.0. The van der Waals surface area contributed by atoms with Crippen molar-refractivity contribution in [2.24, 2.45) is 0 Å². The number of carbonyl (C=O) groups excluding carboxylic acids is 2. The fourth-order valence-corrected chi connectivity index (χ4v) is 2.63. The molecule has 0 aliphatic carbocycles. The number of esters is 1. The molecule has 7 heteroatoms. The molecule has 2 rings (SSSR count). The van der Waals surface area contributed by atoms with Gasteiger partial charge in [-0.3, -0.25) is 9.59 Å². The lowest BCUT2D eigenvalue weighted by Gasteiger charge is -2.20. The number of hydrogen-bond acceptors (Lipinski definition) is 6. The van der Waals surface area contributed by atoms with Crippen molar-refractivity contribution in [2.45, 2.75) is 32.3 Å². The second-order valence-electron chi connectivity index (χ2n) is 5.90. The first-order valence-corrected chi connectivity index (χ1v) is 9.24. The molecule has 0 saturated carbocycles. The van der Waals surface area contributed by atoms with Crippen LogP contribution in [0, 0.1) is 0 Å². The summed E-state index contributed by atoms with van der Waals surface area (Å²) in [7, 11) is 4.11. The summed E-state index contributed by atoms with van der Waals surface area (Å²) in [5, 5.41) is 0. The molecule has 150 valence electrons. The van der Waals surface area contributed by atoms with E-state index >= 15 is 0 Å². The molecule has 0 aliphatic heterocycles. The molecule has 0 N–H and O–H groups in total. The fourth-order valence-electron chi connectivity index (χ4n) is 2.63. The zero-order chi connectivity index (χ0) is 21.1. The minimum atomic E-state index is -1.09. The van der Waals surface area contributed by atoms with E-state index in [0.717, 1.165) is 0 Å². The van der Waals surface area contributed by atoms with Gasteiger partial charge < -0.3 is 14.2 Å². The van der Waals surface area contributed by atoms with Crippen LogP contribution >= 0.6 is 9.12 Å². The zero-order valence-corrected chi connectivity index (χ0v) is 17.7. The molecule has 3 unspecified atom stereocenters. The largest absolute Gasteiger partial charge is 0.496 e. The van der Waals surface area contributed by atoms with Gasteiger partial charge in [0.15, 0.2) is 5.78 Å². The average molecular weight is 405 g/mol. The Morgan fingerprint density at radius 1 is 0.929 bits per heavy atom. The van der Waals surface area contributed by atoms with Gasteiger partial charge in [-0.05, 0) is 31.0 Å². The van der Waals surface area contributed by atoms with Gasteiger partial charge in [-0.2, -0.15) is 0 Å². The Balaban J connectivity index is 0.00000190. The third-order valence-corrected chi connectivity index (χ3v) is 4.20. The highest BCUT2D eigenvalue weighted by molar-refractivity contribution is 7.00. The van der Waals surface area contributed by atoms with E-state index in [-0.39, 0.29) is 11.7 Å². The van der Waals surface area contributed by atoms with E-state index < -0.39 is 17.7 Å². The lowest BCUT2D eigenvalue weighted by atomic mass is 9.89. The van der Waals surface area contributed by atoms with Crippen molar-refractivity contribution in [3.8, 4) is 11.5 Å². The van der Waals surface area contributed by atoms with Gasteiger partial charge in [0.25, 0.3) is 0 Å². The van der Waals surface area contributed by atoms with Gasteiger partial charge in [-0.1, -0.05) is 47.9 Å². The van der Waals surface area contributed by atoms with Crippen molar-refractivity contribution < 1.29 is 28.4 Å². The Hall–Kier alpha value is -2.72. The van der Waals surface area contributed by atoms with Gasteiger partial charge in [-0.15, -0.1) is 0 Å². The third kappa shape index (κ3) is 5.64. The summed E-state index contributed by atoms with van der Waals surface area (Å²) in [4.78, 5) is 26.2. The molecule has 0 fully saturated rings. The molecule has 0 amide bonds. The lowest BCUT2D eigenvalue weighted by Crippen LogP contribution is -2.27. The van der Waals surface area contributed by atoms with E-state index in [1.807, 2.05) is 13.0 Å². The van der Waals surface area contributed by atoms with Crippen LogP contribution in [0.2, 0.25) is 0 Å². The summed E-state index contributed by atoms with van der Waals surface area (Å²) >= 11 is 0. The van der Waals surface area contributed by atoms with Crippen LogP contribution in [0.5, 0.6) is 11.5 Å². The second kappa shape index (κ2) is 11.9. The minimum absolute atomic E-state index is 0.229. The maximum atomic E-state index is 13.4. The Morgan fingerprint density at radius 2 is 1.46 bits per heavy atom. The Bertz CT molecular complexity index is 755. The van der Waals surface area contributed by atoms with Crippen molar-refractivity contribution in [3.63, 3.8) is 0 Å². The summed E-state index contributed by atoms with van der Waals surface area (Å²) in [6.45, 7) is 3.72. The SMILES string of the molecule is CCC(C)OC(=O)C(C(=O)c1c(OC)cccc1OC)c1ccccc1.O=[PH2+]. The van der Waals surface area contributed by atoms with Crippen LogP contribution < -0.4 is 9.47 Å². The van der Waals surface area contributed by atoms with Crippen LogP contribution in [0.25, 0.3) is 0 Å². The van der Waals surface area contributed by atoms with Crippen LogP contribution in [0.4, 0.5) is 0 Å². The highest BCUT2D eigenvalue weighted by Gasteiger charge is 2.35. The van der Waals surface area contributed by atoms with Crippen molar-refractivity contribution >= 4 is 20.9 Å². The predicted molar refractivity (Wildman–Crippen MR) is 109 cm³/mol. The average Bonchev–Trinajstić information content (AvgIpc) is 2.75. The standard InChI is InChI=1S/C21H24O5.H2OP/c1-5-14(2)26-21(23)18(15-10-7-6-8-11-15)20(22)19-16(24-3)12-9-13-17(19)25-4;1-2/h6-14,18H,5H2,1-4H3;2H2/q;+1. The van der Waals surface area contributed by atoms with Gasteiger partial charge in [0, 0.05) is 0 Å². The highest BCUT2D eigenvalue weighted by Crippen LogP contribution is 2.34. The number of ether oxygens (including phenoxy) is 3. The quantitative estimate of drug-likeness (QED) is 0.283. The number of benzene rings is 2. The number of carbonyl (C=O) groups is 2. The summed E-state index contributed by atoms with van der Waals surface area (Å²) in [5.74, 6) is -1.38. The van der Waals surface area contributed by atoms with Crippen molar-refractivity contribution in [3.05, 3.63) is 59.7 Å². The van der Waals surface area contributed by atoms with Crippen LogP contribution in [0.3, 0.4) is 0 Å². The number of ketones is 1. The Labute approximate surface area is 167 Å². The molecular weight excluding hydrogens is 379 g/mol. The summed E-state index contributed by atoms with van der Waals surface area (Å²) in [5.41, 5.74) is 0.797. The molecule has 0 saturated heterocycles. The van der Waals surface area contributed by atoms with E-state index in [1.54, 1.807) is 49.4 Å². The maximum Gasteiger partial charge on any atom is 0.321 e. The molecule has 0 bridgehead atoms. The Kier molecular flexibility index (Phi) is 9.89. The topological polar surface area (TPSA) is 78.9 Å². The molecule has 0 heterocycles. The first kappa shape index (κ1) is 23.3. The van der Waals surface area contributed by atoms with E-state index in [1.165, 1.54) is 23.3 Å². The van der Waals surface area contributed by atoms with Crippen molar-refractivity contribution in [1.29, 1.82) is 0 Å². The van der Waals surface area contributed by atoms with E-state index in [0.29, 0.717) is 23.5 Å². The maximum absolute atomic E-state index is 13.4. The lowest BCUT2D eigenvalue weighted by molar-refractivity contribution is -0.148. The molecule has 0 spiro atoms. The van der Waals surface area contributed by atoms with Gasteiger partial charge in [-0.25, -0.2) is 0 Å². The molecule has 2 aromatic rings. The van der Waals surface area contributed by atoms with Gasteiger partial charge in [0.05, 0.1) is 20.3 Å². The van der Waals surface area contributed by atoms with Gasteiger partial charge in [0.1, 0.15) is 23.0 Å². The summed E-state index contributed by atoms with van der Waals surface area (Å²) in [6, 6.07) is 13.9. The highest BCUT2D eigenvalue weighted by atomic mass is 31.0. The first-order valence-electron chi connectivity index (χ1n) is 8.77. The molecule has 0 aromatic heterocycles. The monoisotopic (exact) mass is 405 g/mol. The van der Waals surface area contributed by atoms with E-state index in [4.69, 9.17) is 18.8 Å². The number of rotatable bonds is 8. The van der Waals surface area contributed by atoms with Crippen LogP contribution in [-0.2, 0) is 14.1 Å². The van der Waals surface area contributed by atoms with E-state index in [2.05, 4.69) is 0 Å². The van der Waals surface area contributed by atoms with Gasteiger partial charge >= 0.3 is 15.1 Å². The number of Topliss-reactive ketones (excluding diaryl/α,β-unsaturated/α-hetero) is 1. The van der Waals surface area contributed by atoms with E-state index in [9.17, 15) is 9.59 Å². The fraction of sp³-hybridized carbons (Fsp3) is 0.333. The second-order valence-corrected chi connectivity index (χ2v) is 5.90. The predicted octanol–water partition coefficient (Wildman–Crippen LogP) is 4.22. The van der Waals surface area contributed by atoms with Gasteiger partial charge in [0.2, 0.25) is 0 Å². The molecular formula is C21H26O6P+.